The summed E-state index contributed by atoms with van der Waals surface area (Å²) in [5, 5.41) is -0.549. The smallest absolute Gasteiger partial charge is 0.332 e. The van der Waals surface area contributed by atoms with Crippen molar-refractivity contribution in [1.29, 1.82) is 0 Å². The van der Waals surface area contributed by atoms with Crippen LogP contribution in [-0.2, 0) is 38.1 Å². The zero-order valence-electron chi connectivity index (χ0n) is 15.0. The summed E-state index contributed by atoms with van der Waals surface area (Å²) >= 11 is 1.15. The Bertz CT molecular complexity index is 674. The molecule has 5 unspecified atom stereocenters. The highest BCUT2D eigenvalue weighted by atomic mass is 32.2. The molecule has 0 amide bonds. The highest BCUT2D eigenvalue weighted by Crippen LogP contribution is 2.47. The number of carbonyl (C=O) groups excluding carboxylic acids is 2. The van der Waals surface area contributed by atoms with Gasteiger partial charge in [-0.3, -0.25) is 8.98 Å². The van der Waals surface area contributed by atoms with E-state index in [-0.39, 0.29) is 29.8 Å². The molecule has 8 nitrogen and oxygen atoms in total. The second-order valence-electron chi connectivity index (χ2n) is 7.34. The Hall–Kier alpha value is -0.680. The van der Waals surface area contributed by atoms with Crippen LogP contribution < -0.4 is 0 Å². The van der Waals surface area contributed by atoms with E-state index >= 15 is 0 Å². The monoisotopic (exact) mass is 408 g/mol. The molecule has 2 bridgehead atoms. The zero-order valence-corrected chi connectivity index (χ0v) is 16.6. The minimum absolute atomic E-state index is 0.0700. The molecule has 0 N–H and O–H groups in total. The third kappa shape index (κ3) is 3.80. The quantitative estimate of drug-likeness (QED) is 0.329. The zero-order chi connectivity index (χ0) is 19.1. The molecular weight excluding hydrogens is 384 g/mol. The summed E-state index contributed by atoms with van der Waals surface area (Å²) in [6.45, 7) is 5.53. The molecule has 5 atom stereocenters. The van der Waals surface area contributed by atoms with Gasteiger partial charge < -0.3 is 14.2 Å². The number of ether oxygens (including phenoxy) is 3. The summed E-state index contributed by atoms with van der Waals surface area (Å²) in [5.74, 6) is -0.176. The number of hydrogen-bond acceptors (Lipinski definition) is 9. The van der Waals surface area contributed by atoms with Crippen molar-refractivity contribution in [3.05, 3.63) is 0 Å². The summed E-state index contributed by atoms with van der Waals surface area (Å²) < 4.78 is 44.8. The topological polar surface area (TPSA) is 105 Å². The highest BCUT2D eigenvalue weighted by molar-refractivity contribution is 8.13. The minimum atomic E-state index is -3.60. The Morgan fingerprint density at radius 1 is 1.27 bits per heavy atom. The van der Waals surface area contributed by atoms with Crippen molar-refractivity contribution in [2.24, 2.45) is 5.41 Å². The van der Waals surface area contributed by atoms with E-state index in [9.17, 15) is 18.0 Å². The molecule has 3 saturated heterocycles. The van der Waals surface area contributed by atoms with E-state index < -0.39 is 39.6 Å². The molecule has 148 valence electrons. The van der Waals surface area contributed by atoms with Gasteiger partial charge in [0, 0.05) is 11.2 Å². The number of thioether (sulfide) groups is 1. The minimum Gasteiger partial charge on any atom is -0.463 e. The molecule has 0 radical (unpaired) electrons. The molecule has 10 heteroatoms. The fourth-order valence-corrected chi connectivity index (χ4v) is 5.79. The van der Waals surface area contributed by atoms with Crippen LogP contribution in [0.2, 0.25) is 0 Å². The summed E-state index contributed by atoms with van der Waals surface area (Å²) in [4.78, 5) is 23.8. The maximum atomic E-state index is 12.0. The number of hydrogen-bond donors (Lipinski definition) is 0. The molecule has 3 fully saturated rings. The van der Waals surface area contributed by atoms with E-state index in [1.54, 1.807) is 0 Å². The van der Waals surface area contributed by atoms with Crippen LogP contribution in [-0.4, -0.2) is 68.1 Å². The van der Waals surface area contributed by atoms with Crippen LogP contribution in [0.4, 0.5) is 0 Å². The van der Waals surface area contributed by atoms with Gasteiger partial charge >= 0.3 is 5.97 Å². The molecule has 3 aliphatic heterocycles. The number of rotatable bonds is 8. The predicted octanol–water partition coefficient (Wildman–Crippen LogP) is 0.879. The molecule has 3 aliphatic rings. The average Bonchev–Trinajstić information content (AvgIpc) is 3.19. The first-order valence-electron chi connectivity index (χ1n) is 8.68. The Kier molecular flexibility index (Phi) is 5.70. The van der Waals surface area contributed by atoms with Crippen LogP contribution in [0.25, 0.3) is 0 Å². The molecule has 0 aliphatic carbocycles. The van der Waals surface area contributed by atoms with Crippen molar-refractivity contribution >= 4 is 33.0 Å². The lowest BCUT2D eigenvalue weighted by atomic mass is 9.92. The van der Waals surface area contributed by atoms with Gasteiger partial charge in [0.05, 0.1) is 6.10 Å². The van der Waals surface area contributed by atoms with Crippen molar-refractivity contribution < 1.29 is 36.4 Å². The lowest BCUT2D eigenvalue weighted by Crippen LogP contribution is -2.41. The Balaban J connectivity index is 1.36. The van der Waals surface area contributed by atoms with Crippen LogP contribution in [0.1, 0.15) is 33.6 Å². The normalized spacial score (nSPS) is 34.2. The van der Waals surface area contributed by atoms with Crippen LogP contribution in [0.3, 0.4) is 0 Å². The molecule has 0 spiro atoms. The van der Waals surface area contributed by atoms with Crippen molar-refractivity contribution in [2.45, 2.75) is 63.3 Å². The number of fused-ring (bicyclic) bond motifs is 1. The summed E-state index contributed by atoms with van der Waals surface area (Å²) in [6.07, 6.45) is -1.06. The van der Waals surface area contributed by atoms with Crippen LogP contribution in [0, 0.1) is 5.41 Å². The van der Waals surface area contributed by atoms with Gasteiger partial charge in [0.1, 0.15) is 36.8 Å². The SMILES string of the molecule is CCC(C)(C)C(=O)SCCOC(=O)COC1C2CC3C(O2)C1OS3(=O)=O. The van der Waals surface area contributed by atoms with Gasteiger partial charge in [-0.1, -0.05) is 32.5 Å². The third-order valence-electron chi connectivity index (χ3n) is 5.20. The van der Waals surface area contributed by atoms with Gasteiger partial charge in [-0.05, 0) is 12.8 Å². The van der Waals surface area contributed by atoms with E-state index in [2.05, 4.69) is 0 Å². The summed E-state index contributed by atoms with van der Waals surface area (Å²) in [6, 6.07) is 0. The fourth-order valence-electron chi connectivity index (χ4n) is 3.26. The average molecular weight is 408 g/mol. The van der Waals surface area contributed by atoms with Crippen LogP contribution >= 0.6 is 11.8 Å². The first-order valence-corrected chi connectivity index (χ1v) is 11.1. The molecule has 3 heterocycles. The van der Waals surface area contributed by atoms with Crippen LogP contribution in [0.5, 0.6) is 0 Å². The van der Waals surface area contributed by atoms with E-state index in [0.29, 0.717) is 12.2 Å². The molecular formula is C16H24O8S2. The van der Waals surface area contributed by atoms with Gasteiger partial charge in [0.15, 0.2) is 5.12 Å². The Labute approximate surface area is 157 Å². The highest BCUT2D eigenvalue weighted by Gasteiger charge is 2.66. The van der Waals surface area contributed by atoms with Crippen molar-refractivity contribution in [2.75, 3.05) is 19.0 Å². The van der Waals surface area contributed by atoms with Gasteiger partial charge in [-0.25, -0.2) is 4.79 Å². The van der Waals surface area contributed by atoms with Crippen molar-refractivity contribution in [3.63, 3.8) is 0 Å². The maximum Gasteiger partial charge on any atom is 0.332 e. The summed E-state index contributed by atoms with van der Waals surface area (Å²) in [7, 11) is -3.60. The van der Waals surface area contributed by atoms with Crippen molar-refractivity contribution in [1.82, 2.24) is 0 Å². The lowest BCUT2D eigenvalue weighted by molar-refractivity contribution is -0.152. The summed E-state index contributed by atoms with van der Waals surface area (Å²) in [5.41, 5.74) is -0.390. The second kappa shape index (κ2) is 7.38. The first kappa shape index (κ1) is 20.1. The standard InChI is InChI=1S/C16H24O8S2/c1-4-16(2,3)15(18)25-6-5-21-11(17)8-22-12-9-7-10-13(23-9)14(12)24-26(10,19)20/h9-10,12-14H,4-8H2,1-3H3. The fraction of sp³-hybridized carbons (Fsp3) is 0.875. The molecule has 0 saturated carbocycles. The molecule has 0 aromatic rings. The van der Waals surface area contributed by atoms with Crippen LogP contribution in [0.15, 0.2) is 0 Å². The first-order chi connectivity index (χ1) is 12.2. The predicted molar refractivity (Wildman–Crippen MR) is 93.1 cm³/mol. The second-order valence-corrected chi connectivity index (χ2v) is 10.2. The lowest BCUT2D eigenvalue weighted by Gasteiger charge is -2.21. The number of carbonyl (C=O) groups is 2. The molecule has 26 heavy (non-hydrogen) atoms. The Morgan fingerprint density at radius 3 is 2.69 bits per heavy atom. The van der Waals surface area contributed by atoms with Gasteiger partial charge in [-0.2, -0.15) is 8.42 Å². The van der Waals surface area contributed by atoms with Gasteiger partial charge in [0.2, 0.25) is 0 Å². The van der Waals surface area contributed by atoms with E-state index in [1.165, 1.54) is 0 Å². The van der Waals surface area contributed by atoms with E-state index in [0.717, 1.165) is 18.2 Å². The Morgan fingerprint density at radius 2 is 2.00 bits per heavy atom. The molecule has 0 aromatic heterocycles. The molecule has 0 aromatic carbocycles. The molecule has 3 rings (SSSR count). The number of esters is 1. The van der Waals surface area contributed by atoms with Crippen molar-refractivity contribution in [3.8, 4) is 0 Å². The van der Waals surface area contributed by atoms with Gasteiger partial charge in [0.25, 0.3) is 10.1 Å². The third-order valence-corrected chi connectivity index (χ3v) is 8.08. The largest absolute Gasteiger partial charge is 0.463 e. The van der Waals surface area contributed by atoms with E-state index in [4.69, 9.17) is 18.4 Å². The van der Waals surface area contributed by atoms with E-state index in [1.807, 2.05) is 20.8 Å². The van der Waals surface area contributed by atoms with Gasteiger partial charge in [-0.15, -0.1) is 0 Å². The maximum absolute atomic E-state index is 12.0.